The van der Waals surface area contributed by atoms with E-state index in [0.717, 1.165) is 253 Å². The van der Waals surface area contributed by atoms with Crippen LogP contribution in [0.1, 0.15) is 5.48 Å². The van der Waals surface area contributed by atoms with Crippen molar-refractivity contribution in [3.63, 3.8) is 0 Å². The van der Waals surface area contributed by atoms with Crippen LogP contribution in [0.25, 0.3) is 281 Å². The van der Waals surface area contributed by atoms with Gasteiger partial charge >= 0.3 is 0 Å². The van der Waals surface area contributed by atoms with E-state index in [0.29, 0.717) is 22.8 Å². The first-order chi connectivity index (χ1) is 76.1. The van der Waals surface area contributed by atoms with Crippen molar-refractivity contribution in [2.24, 2.45) is 0 Å². The fourth-order valence-corrected chi connectivity index (χ4v) is 23.1. The van der Waals surface area contributed by atoms with Crippen LogP contribution in [0.15, 0.2) is 543 Å². The Morgan fingerprint density at radius 2 is 0.553 bits per heavy atom. The van der Waals surface area contributed by atoms with Gasteiger partial charge in [0.15, 0.2) is 0 Å². The lowest BCUT2D eigenvalue weighted by Gasteiger charge is -2.13. The van der Waals surface area contributed by atoms with Gasteiger partial charge in [-0.1, -0.05) is 431 Å². The zero-order valence-corrected chi connectivity index (χ0v) is 81.6. The van der Waals surface area contributed by atoms with Crippen LogP contribution in [0.2, 0.25) is 0 Å². The summed E-state index contributed by atoms with van der Waals surface area (Å²) in [5.41, 5.74) is 34.3. The molecule has 150 heavy (non-hydrogen) atoms. The van der Waals surface area contributed by atoms with Crippen LogP contribution in [0.5, 0.6) is 0 Å². The van der Waals surface area contributed by atoms with Gasteiger partial charge in [0.2, 0.25) is 11.9 Å². The van der Waals surface area contributed by atoms with Crippen molar-refractivity contribution in [2.45, 2.75) is 0 Å². The highest BCUT2D eigenvalue weighted by Gasteiger charge is 2.31. The quantitative estimate of drug-likeness (QED) is 0.101. The molecule has 30 rings (SSSR count). The van der Waals surface area contributed by atoms with Crippen molar-refractivity contribution < 1.29 is 14.3 Å². The van der Waals surface area contributed by atoms with Crippen molar-refractivity contribution in [3.8, 4) is 152 Å². The molecular formula is C139H88N8O2S. The molecule has 9 heterocycles. The molecule has 0 fully saturated rings. The van der Waals surface area contributed by atoms with Gasteiger partial charge in [-0.3, -0.25) is 14.1 Å². The number of furan rings is 2. The lowest BCUT2D eigenvalue weighted by Crippen LogP contribution is -2.04. The molecule has 0 amide bonds. The average molecular weight is 1940 g/mol. The van der Waals surface area contributed by atoms with Gasteiger partial charge in [-0.25, -0.2) is 19.9 Å². The number of benzene rings is 21. The molecule has 0 spiro atoms. The third-order valence-corrected chi connectivity index (χ3v) is 30.1. The molecule has 10 nitrogen and oxygen atoms in total. The predicted octanol–water partition coefficient (Wildman–Crippen LogP) is 37.5. The van der Waals surface area contributed by atoms with Gasteiger partial charge in [-0.15, -0.1) is 11.3 Å². The molecule has 11 heteroatoms. The predicted molar refractivity (Wildman–Crippen MR) is 624 cm³/mol. The molecule has 21 aromatic carbocycles. The summed E-state index contributed by atoms with van der Waals surface area (Å²) in [6, 6.07) is 174. The molecule has 0 saturated carbocycles. The topological polar surface area (TPSA) is 106 Å². The van der Waals surface area contributed by atoms with Crippen LogP contribution in [0.3, 0.4) is 0 Å². The standard InChI is InChI=1S/C58H37N3O.C51H32N4O.C30H19NS/c1-6-17-38(18-7-1)40-29-31-42(32-30-40)48-36-53-54(55-47-28-16-27-46(56(47)62-57(48)55)41-21-10-3-11-22-41)49-35-45(39-19-8-2-9-20-39)33-34-52(49)61(53)58-59-50(43-23-12-4-13-24-43)37-51(60-58)44-25-14-5-15-26-44;1-5-16-33(17-6-1)37-27-28-45-41(30-37)47-46(55(45)51-53-43(35-20-9-3-10-21-35)32-44(54-51)36-22-11-4-12-23-36)31-40(42-26-13-14-29-52-42)50-48(47)39-25-15-24-38(49(39)56-50)34-18-7-2-8-19-34;1-3-9-20(10-4-1)21-15-18-28-25(19-21)23-16-17-27-29(30(23)32-28)24-13-7-8-14-26(24)31(27)22-11-5-2-6-12-22/h1-37H;1-32H;1-19H/i;;7D,8D,13D,14D. The maximum absolute atomic E-state index is 8.84. The highest BCUT2D eigenvalue weighted by molar-refractivity contribution is 7.26. The van der Waals surface area contributed by atoms with Gasteiger partial charge in [0, 0.05) is 130 Å². The maximum Gasteiger partial charge on any atom is 0.235 e. The van der Waals surface area contributed by atoms with E-state index in [9.17, 15) is 0 Å². The van der Waals surface area contributed by atoms with E-state index in [-0.39, 0.29) is 24.2 Å². The minimum absolute atomic E-state index is 0.000567. The minimum Gasteiger partial charge on any atom is -0.455 e. The first-order valence-corrected chi connectivity index (χ1v) is 51.1. The third-order valence-electron chi connectivity index (χ3n) is 28.8. The number of para-hydroxylation sites is 4. The van der Waals surface area contributed by atoms with Crippen molar-refractivity contribution in [1.29, 1.82) is 0 Å². The van der Waals surface area contributed by atoms with Crippen LogP contribution >= 0.6 is 11.3 Å². The van der Waals surface area contributed by atoms with Crippen LogP contribution in [0, 0.1) is 0 Å². The summed E-state index contributed by atoms with van der Waals surface area (Å²) >= 11 is 1.68. The van der Waals surface area contributed by atoms with Gasteiger partial charge in [-0.2, -0.15) is 0 Å². The van der Waals surface area contributed by atoms with Gasteiger partial charge in [0.05, 0.1) is 67.1 Å². The van der Waals surface area contributed by atoms with E-state index in [1.54, 1.807) is 11.3 Å². The van der Waals surface area contributed by atoms with E-state index >= 15 is 0 Å². The Morgan fingerprint density at radius 1 is 0.200 bits per heavy atom. The number of thiophene rings is 1. The normalized spacial score (nSPS) is 12.0. The fraction of sp³-hybridized carbons (Fsp3) is 0. The van der Waals surface area contributed by atoms with E-state index in [1.165, 1.54) is 5.56 Å². The Balaban J connectivity index is 0.000000114. The summed E-state index contributed by atoms with van der Waals surface area (Å²) in [4.78, 5) is 26.4. The Morgan fingerprint density at radius 3 is 0.993 bits per heavy atom. The Bertz CT molecular complexity index is 10500. The summed E-state index contributed by atoms with van der Waals surface area (Å²) < 4.78 is 57.3. The second-order valence-electron chi connectivity index (χ2n) is 37.6. The van der Waals surface area contributed by atoms with E-state index < -0.39 is 0 Å². The molecule has 0 atom stereocenters. The number of pyridine rings is 1. The Kier molecular flexibility index (Phi) is 20.8. The second-order valence-corrected chi connectivity index (χ2v) is 38.7. The zero-order valence-electron chi connectivity index (χ0n) is 84.8. The lowest BCUT2D eigenvalue weighted by molar-refractivity contribution is 0.671. The lowest BCUT2D eigenvalue weighted by atomic mass is 9.95. The summed E-state index contributed by atoms with van der Waals surface area (Å²) in [7, 11) is 0. The first-order valence-electron chi connectivity index (χ1n) is 52.3. The molecule has 0 N–H and O–H groups in total. The molecular weight excluding hydrogens is 1850 g/mol. The number of hydrogen-bond acceptors (Lipinski definition) is 8. The Labute approximate surface area is 873 Å². The number of fused-ring (bicyclic) bond motifs is 21. The SMILES string of the molecule is [2H]c1c([2H])c([2H])c2c(c1[2H])c1c3sc4ccc(-c5ccccc5)cc4c3ccc1n2-c1ccccc1.c1ccc(-c2ccc(-c3cc4c(c5cc(-c6ccccc6)ccc5n4-c4nc(-c5ccccc5)cc(-c5ccccc5)n4)c4c3oc3c(-c5ccccc5)cccc34)cc2)cc1.c1ccc(-c2ccc3c(c2)c2c4c(oc5c(-c6ccccc6)cccc54)c(-c4ccccn4)cc2n3-c2nc(-c3ccccc3)cc(-c3ccccc3)n2)cc1. The largest absolute Gasteiger partial charge is 0.455 e. The summed E-state index contributed by atoms with van der Waals surface area (Å²) in [5, 5.41) is 12.2. The molecule has 702 valence electrons. The number of hydrogen-bond donors (Lipinski definition) is 0. The number of nitrogens with zero attached hydrogens (tertiary/aromatic N) is 8. The molecule has 9 aromatic heterocycles. The van der Waals surface area contributed by atoms with Gasteiger partial charge in [0.1, 0.15) is 22.3 Å². The van der Waals surface area contributed by atoms with Crippen LogP contribution < -0.4 is 0 Å². The zero-order chi connectivity index (χ0) is 103. The minimum atomic E-state index is -0.215. The van der Waals surface area contributed by atoms with E-state index in [1.807, 2.05) is 108 Å². The van der Waals surface area contributed by atoms with Crippen LogP contribution in [-0.2, 0) is 0 Å². The van der Waals surface area contributed by atoms with Crippen LogP contribution in [-0.4, -0.2) is 38.6 Å². The van der Waals surface area contributed by atoms with Crippen LogP contribution in [0.4, 0.5) is 0 Å². The molecule has 30 aromatic rings. The highest BCUT2D eigenvalue weighted by Crippen LogP contribution is 2.53. The smallest absolute Gasteiger partial charge is 0.235 e. The van der Waals surface area contributed by atoms with E-state index in [4.69, 9.17) is 39.2 Å². The molecule has 0 aliphatic rings. The van der Waals surface area contributed by atoms with Gasteiger partial charge < -0.3 is 13.4 Å². The monoisotopic (exact) mass is 1940 g/mol. The average Bonchev–Trinajstić information content (AvgIpc) is 1.54. The van der Waals surface area contributed by atoms with Crippen molar-refractivity contribution in [1.82, 2.24) is 38.6 Å². The third kappa shape index (κ3) is 15.5. The highest BCUT2D eigenvalue weighted by atomic mass is 32.1. The molecule has 0 unspecified atom stereocenters. The Hall–Kier alpha value is -19.9. The van der Waals surface area contributed by atoms with Gasteiger partial charge in [-0.05, 0) is 158 Å². The van der Waals surface area contributed by atoms with Crippen molar-refractivity contribution in [3.05, 3.63) is 534 Å². The molecule has 0 aliphatic heterocycles. The molecule has 0 bridgehead atoms. The second kappa shape index (κ2) is 37.4. The summed E-state index contributed by atoms with van der Waals surface area (Å²) in [5.74, 6) is 1.18. The molecule has 0 saturated heterocycles. The fourth-order valence-electron chi connectivity index (χ4n) is 21.9. The maximum atomic E-state index is 8.84. The molecule has 0 aliphatic carbocycles. The summed E-state index contributed by atoms with van der Waals surface area (Å²) in [6.45, 7) is 0. The number of rotatable bonds is 15. The van der Waals surface area contributed by atoms with E-state index in [2.05, 4.69) is 416 Å². The first kappa shape index (κ1) is 83.6. The van der Waals surface area contributed by atoms with Crippen molar-refractivity contribution in [2.75, 3.05) is 0 Å². The van der Waals surface area contributed by atoms with Crippen molar-refractivity contribution >= 4 is 141 Å². The summed E-state index contributed by atoms with van der Waals surface area (Å²) in [6.07, 6.45) is 1.84. The number of aromatic nitrogens is 8. The molecule has 0 radical (unpaired) electrons. The van der Waals surface area contributed by atoms with Gasteiger partial charge in [0.25, 0.3) is 0 Å².